The molecule has 3 fully saturated rings. The van der Waals surface area contributed by atoms with Gasteiger partial charge < -0.3 is 33.9 Å². The fourth-order valence-electron chi connectivity index (χ4n) is 7.88. The van der Waals surface area contributed by atoms with Crippen LogP contribution in [0.25, 0.3) is 0 Å². The van der Waals surface area contributed by atoms with E-state index in [1.807, 2.05) is 32.8 Å². The number of ketones is 1. The van der Waals surface area contributed by atoms with Gasteiger partial charge in [0, 0.05) is 44.2 Å². The lowest BCUT2D eigenvalue weighted by Crippen LogP contribution is -2.59. The van der Waals surface area contributed by atoms with Gasteiger partial charge in [-0.1, -0.05) is 13.8 Å². The first-order valence-electron chi connectivity index (χ1n) is 16.8. The largest absolute Gasteiger partial charge is 0.463 e. The third kappa shape index (κ3) is 8.41. The molecule has 0 aromatic rings. The van der Waals surface area contributed by atoms with Crippen LogP contribution in [0.5, 0.6) is 0 Å². The number of hydrogen-bond donors (Lipinski definition) is 1. The summed E-state index contributed by atoms with van der Waals surface area (Å²) in [6.45, 7) is 18.7. The Morgan fingerprint density at radius 3 is 2.34 bits per heavy atom. The molecule has 3 aliphatic heterocycles. The third-order valence-corrected chi connectivity index (χ3v) is 10.7. The highest BCUT2D eigenvalue weighted by molar-refractivity contribution is 6.04. The molecule has 0 bridgehead atoms. The summed E-state index contributed by atoms with van der Waals surface area (Å²) in [6, 6.07) is 0.322. The van der Waals surface area contributed by atoms with Gasteiger partial charge in [0.05, 0.1) is 17.8 Å². The molecule has 3 rings (SSSR count). The van der Waals surface area contributed by atoms with Crippen LogP contribution in [0.4, 0.5) is 0 Å². The zero-order valence-electron chi connectivity index (χ0n) is 29.7. The van der Waals surface area contributed by atoms with E-state index in [4.69, 9.17) is 18.9 Å². The predicted molar refractivity (Wildman–Crippen MR) is 171 cm³/mol. The molecular formula is C34H63N3O7. The van der Waals surface area contributed by atoms with E-state index >= 15 is 0 Å². The van der Waals surface area contributed by atoms with Crippen LogP contribution in [0.2, 0.25) is 0 Å². The lowest BCUT2D eigenvalue weighted by molar-refractivity contribution is -0.295. The predicted octanol–water partition coefficient (Wildman–Crippen LogP) is 3.44. The van der Waals surface area contributed by atoms with Crippen LogP contribution in [0.1, 0.15) is 81.1 Å². The van der Waals surface area contributed by atoms with Gasteiger partial charge in [0.2, 0.25) is 0 Å². The first kappa shape index (κ1) is 37.3. The summed E-state index contributed by atoms with van der Waals surface area (Å²) < 4.78 is 25.1. The van der Waals surface area contributed by atoms with Crippen molar-refractivity contribution in [1.82, 2.24) is 14.7 Å². The van der Waals surface area contributed by atoms with Crippen molar-refractivity contribution in [3.8, 4) is 0 Å². The molecule has 10 heteroatoms. The van der Waals surface area contributed by atoms with Crippen LogP contribution in [0.15, 0.2) is 0 Å². The minimum Gasteiger partial charge on any atom is -0.463 e. The highest BCUT2D eigenvalue weighted by atomic mass is 16.7. The van der Waals surface area contributed by atoms with Gasteiger partial charge in [-0.25, -0.2) is 0 Å². The fraction of sp³-hybridized carbons (Fsp3) is 0.941. The number of piperidine rings is 1. The monoisotopic (exact) mass is 625 g/mol. The molecule has 0 radical (unpaired) electrons. The van der Waals surface area contributed by atoms with E-state index in [0.717, 1.165) is 32.5 Å². The number of aliphatic hydroxyl groups is 1. The van der Waals surface area contributed by atoms with Crippen molar-refractivity contribution in [3.63, 3.8) is 0 Å². The Hall–Kier alpha value is -1.14. The average molecular weight is 626 g/mol. The maximum absolute atomic E-state index is 14.2. The molecule has 0 amide bonds. The van der Waals surface area contributed by atoms with Crippen molar-refractivity contribution in [1.29, 1.82) is 0 Å². The van der Waals surface area contributed by atoms with E-state index in [9.17, 15) is 14.7 Å². The Bertz CT molecular complexity index is 961. The van der Waals surface area contributed by atoms with Crippen molar-refractivity contribution in [2.24, 2.45) is 23.2 Å². The molecule has 10 nitrogen and oxygen atoms in total. The van der Waals surface area contributed by atoms with Crippen molar-refractivity contribution >= 4 is 11.8 Å². The van der Waals surface area contributed by atoms with Crippen molar-refractivity contribution in [2.75, 3.05) is 54.5 Å². The van der Waals surface area contributed by atoms with Crippen molar-refractivity contribution in [3.05, 3.63) is 0 Å². The molecule has 0 unspecified atom stereocenters. The van der Waals surface area contributed by atoms with Crippen molar-refractivity contribution in [2.45, 2.75) is 129 Å². The highest BCUT2D eigenvalue weighted by Gasteiger charge is 2.51. The number of carbonyl (C=O) groups excluding carboxylic acids is 2. The summed E-state index contributed by atoms with van der Waals surface area (Å²) >= 11 is 0. The zero-order chi connectivity index (χ0) is 33.1. The second-order valence-corrected chi connectivity index (χ2v) is 15.3. The number of cyclic esters (lactones) is 1. The number of likely N-dealkylation sites (N-methyl/N-ethyl adjacent to an activating group) is 2. The SMILES string of the molecule is CO[C@]1(C)C[C@@H](C)CN(C)[C@@H]([C@@H]2CCCN(C(C)C)C2)COC(=O)C(C)(C)C(=O)[C@H](C)[C@H]1O[C@@H]1O[C@H](C)C[C@H](N(C)C)[C@H]1O. The number of methoxy groups -OCH3 is 1. The maximum atomic E-state index is 14.2. The summed E-state index contributed by atoms with van der Waals surface area (Å²) in [5.41, 5.74) is -2.31. The number of carbonyl (C=O) groups is 2. The molecule has 0 aromatic carbocycles. The van der Waals surface area contributed by atoms with Gasteiger partial charge in [0.25, 0.3) is 0 Å². The summed E-state index contributed by atoms with van der Waals surface area (Å²) in [6.07, 6.45) is 0.646. The Kier molecular flexibility index (Phi) is 12.9. The molecule has 3 saturated heterocycles. The molecule has 0 spiro atoms. The molecule has 44 heavy (non-hydrogen) atoms. The van der Waals surface area contributed by atoms with E-state index < -0.39 is 41.4 Å². The first-order chi connectivity index (χ1) is 20.4. The lowest BCUT2D eigenvalue weighted by atomic mass is 9.74. The Balaban J connectivity index is 1.99. The van der Waals surface area contributed by atoms with Gasteiger partial charge in [0.15, 0.2) is 12.1 Å². The van der Waals surface area contributed by atoms with Gasteiger partial charge >= 0.3 is 5.97 Å². The molecule has 256 valence electrons. The lowest BCUT2D eigenvalue weighted by Gasteiger charge is -2.47. The Labute approximate surface area is 267 Å². The number of ether oxygens (including phenoxy) is 4. The number of hydrogen-bond acceptors (Lipinski definition) is 10. The number of esters is 1. The van der Waals surface area contributed by atoms with Crippen LogP contribution in [-0.2, 0) is 28.5 Å². The smallest absolute Gasteiger partial charge is 0.319 e. The molecule has 3 heterocycles. The molecule has 3 aliphatic rings. The van der Waals surface area contributed by atoms with Gasteiger partial charge in [-0.15, -0.1) is 0 Å². The standard InChI is InChI=1S/C34H63N3O7/c1-21(2)37-15-13-14-25(19-37)27-20-42-32(40)33(6,7)29(39)24(5)30(34(8,41-12)17-22(3)18-36(27)11)44-31-28(38)26(35(9)10)16-23(4)43-31/h21-28,30-31,38H,13-20H2,1-12H3/t22-,23-,24+,25-,26+,27-,28-,30-,31+,34-/m1/s1. The van der Waals surface area contributed by atoms with Gasteiger partial charge in [0.1, 0.15) is 18.1 Å². The first-order valence-corrected chi connectivity index (χ1v) is 16.8. The molecule has 1 N–H and O–H groups in total. The number of rotatable bonds is 6. The van der Waals surface area contributed by atoms with Crippen LogP contribution in [0, 0.1) is 23.2 Å². The summed E-state index contributed by atoms with van der Waals surface area (Å²) in [5.74, 6) is -1.03. The number of Topliss-reactive ketones (excluding diaryl/α,β-unsaturated/α-hetero) is 1. The Morgan fingerprint density at radius 1 is 1.09 bits per heavy atom. The van der Waals surface area contributed by atoms with E-state index in [-0.39, 0.29) is 36.5 Å². The molecule has 0 aromatic heterocycles. The van der Waals surface area contributed by atoms with E-state index in [2.05, 4.69) is 37.6 Å². The second kappa shape index (κ2) is 15.2. The minimum absolute atomic E-state index is 0.0307. The van der Waals surface area contributed by atoms with E-state index in [0.29, 0.717) is 24.8 Å². The fourth-order valence-corrected chi connectivity index (χ4v) is 7.88. The molecule has 0 saturated carbocycles. The quantitative estimate of drug-likeness (QED) is 0.349. The number of nitrogens with zero attached hydrogens (tertiary/aromatic N) is 3. The van der Waals surface area contributed by atoms with Crippen LogP contribution >= 0.6 is 0 Å². The zero-order valence-corrected chi connectivity index (χ0v) is 29.7. The van der Waals surface area contributed by atoms with Gasteiger partial charge in [-0.3, -0.25) is 14.5 Å². The van der Waals surface area contributed by atoms with Crippen LogP contribution < -0.4 is 0 Å². The third-order valence-electron chi connectivity index (χ3n) is 10.7. The normalized spacial score (nSPS) is 40.8. The maximum Gasteiger partial charge on any atom is 0.319 e. The Morgan fingerprint density at radius 2 is 1.75 bits per heavy atom. The second-order valence-electron chi connectivity index (χ2n) is 15.3. The summed E-state index contributed by atoms with van der Waals surface area (Å²) in [7, 11) is 7.63. The molecule has 0 aliphatic carbocycles. The average Bonchev–Trinajstić information content (AvgIpc) is 2.95. The van der Waals surface area contributed by atoms with E-state index in [1.165, 1.54) is 0 Å². The number of aliphatic hydroxyl groups excluding tert-OH is 1. The highest BCUT2D eigenvalue weighted by Crippen LogP contribution is 2.38. The summed E-state index contributed by atoms with van der Waals surface area (Å²) in [4.78, 5) is 34.8. The number of likely N-dealkylation sites (tertiary alicyclic amines) is 1. The summed E-state index contributed by atoms with van der Waals surface area (Å²) in [5, 5.41) is 11.3. The molecular weight excluding hydrogens is 562 g/mol. The topological polar surface area (TPSA) is 101 Å². The molecule has 10 atom stereocenters. The van der Waals surface area contributed by atoms with Crippen molar-refractivity contribution < 1.29 is 33.6 Å². The van der Waals surface area contributed by atoms with Gasteiger partial charge in [-0.2, -0.15) is 0 Å². The van der Waals surface area contributed by atoms with Crippen LogP contribution in [0.3, 0.4) is 0 Å². The van der Waals surface area contributed by atoms with Crippen LogP contribution in [-0.4, -0.2) is 134 Å². The van der Waals surface area contributed by atoms with Gasteiger partial charge in [-0.05, 0) is 107 Å². The minimum atomic E-state index is -1.40. The van der Waals surface area contributed by atoms with E-state index in [1.54, 1.807) is 27.9 Å².